The molecule has 2 aliphatic rings. The molecule has 0 radical (unpaired) electrons. The Morgan fingerprint density at radius 1 is 1.00 bits per heavy atom. The standard InChI is InChI=1S/C22H31N3O3/c1-3-19(26)24-14-10-17(11-15-24)20(22(28)25-12-4-5-13-25)23-21(27)18-8-6-16(2)7-9-18/h6-9,17,20H,3-5,10-15H2,1-2H3,(H,23,27)/t20-/m0/s1. The van der Waals surface area contributed by atoms with Gasteiger partial charge in [-0.3, -0.25) is 14.4 Å². The number of aryl methyl sites for hydroxylation is 1. The topological polar surface area (TPSA) is 69.7 Å². The van der Waals surface area contributed by atoms with Gasteiger partial charge >= 0.3 is 0 Å². The van der Waals surface area contributed by atoms with Crippen molar-refractivity contribution < 1.29 is 14.4 Å². The molecule has 0 aliphatic carbocycles. The Balaban J connectivity index is 1.72. The van der Waals surface area contributed by atoms with Crippen LogP contribution in [0.15, 0.2) is 24.3 Å². The molecule has 6 heteroatoms. The van der Waals surface area contributed by atoms with Crippen LogP contribution in [-0.2, 0) is 9.59 Å². The summed E-state index contributed by atoms with van der Waals surface area (Å²) < 4.78 is 0. The minimum absolute atomic E-state index is 0.0261. The Morgan fingerprint density at radius 3 is 2.18 bits per heavy atom. The van der Waals surface area contributed by atoms with E-state index in [0.29, 0.717) is 25.1 Å². The number of hydrogen-bond donors (Lipinski definition) is 1. The Bertz CT molecular complexity index is 702. The lowest BCUT2D eigenvalue weighted by Crippen LogP contribution is -2.54. The molecule has 0 saturated carbocycles. The molecule has 2 heterocycles. The molecule has 1 aromatic rings. The first-order valence-corrected chi connectivity index (χ1v) is 10.4. The van der Waals surface area contributed by atoms with Gasteiger partial charge in [0.25, 0.3) is 5.91 Å². The van der Waals surface area contributed by atoms with Crippen LogP contribution in [0.25, 0.3) is 0 Å². The maximum absolute atomic E-state index is 13.2. The number of carbonyl (C=O) groups excluding carboxylic acids is 3. The minimum Gasteiger partial charge on any atom is -0.343 e. The third-order valence-electron chi connectivity index (χ3n) is 5.95. The highest BCUT2D eigenvalue weighted by Gasteiger charge is 2.36. The van der Waals surface area contributed by atoms with Crippen LogP contribution in [0.5, 0.6) is 0 Å². The van der Waals surface area contributed by atoms with Gasteiger partial charge in [0.15, 0.2) is 0 Å². The highest BCUT2D eigenvalue weighted by atomic mass is 16.2. The summed E-state index contributed by atoms with van der Waals surface area (Å²) >= 11 is 0. The van der Waals surface area contributed by atoms with Crippen molar-refractivity contribution in [1.82, 2.24) is 15.1 Å². The van der Waals surface area contributed by atoms with Gasteiger partial charge in [-0.15, -0.1) is 0 Å². The van der Waals surface area contributed by atoms with E-state index in [9.17, 15) is 14.4 Å². The van der Waals surface area contributed by atoms with Gasteiger partial charge in [0, 0.05) is 38.2 Å². The lowest BCUT2D eigenvalue weighted by Gasteiger charge is -2.37. The van der Waals surface area contributed by atoms with Crippen LogP contribution in [0.1, 0.15) is 54.9 Å². The molecule has 0 bridgehead atoms. The second-order valence-electron chi connectivity index (χ2n) is 7.92. The average Bonchev–Trinajstić information content (AvgIpc) is 3.26. The Hall–Kier alpha value is -2.37. The van der Waals surface area contributed by atoms with Gasteiger partial charge < -0.3 is 15.1 Å². The molecule has 3 rings (SSSR count). The molecule has 2 aliphatic heterocycles. The van der Waals surface area contributed by atoms with Gasteiger partial charge in [-0.25, -0.2) is 0 Å². The quantitative estimate of drug-likeness (QED) is 0.846. The minimum atomic E-state index is -0.522. The summed E-state index contributed by atoms with van der Waals surface area (Å²) in [6.07, 6.45) is 4.03. The van der Waals surface area contributed by atoms with Crippen molar-refractivity contribution in [3.8, 4) is 0 Å². The molecule has 0 aromatic heterocycles. The first kappa shape index (κ1) is 20.4. The lowest BCUT2D eigenvalue weighted by molar-refractivity contribution is -0.135. The van der Waals surface area contributed by atoms with E-state index in [4.69, 9.17) is 0 Å². The van der Waals surface area contributed by atoms with E-state index >= 15 is 0 Å². The van der Waals surface area contributed by atoms with Crippen LogP contribution in [0, 0.1) is 12.8 Å². The number of likely N-dealkylation sites (tertiary alicyclic amines) is 2. The third-order valence-corrected chi connectivity index (χ3v) is 5.95. The van der Waals surface area contributed by atoms with Crippen LogP contribution >= 0.6 is 0 Å². The van der Waals surface area contributed by atoms with Gasteiger partial charge in [-0.1, -0.05) is 24.6 Å². The number of hydrogen-bond acceptors (Lipinski definition) is 3. The zero-order chi connectivity index (χ0) is 20.1. The van der Waals surface area contributed by atoms with Crippen molar-refractivity contribution >= 4 is 17.7 Å². The zero-order valence-electron chi connectivity index (χ0n) is 16.9. The molecule has 152 valence electrons. The van der Waals surface area contributed by atoms with Gasteiger partial charge in [0.05, 0.1) is 0 Å². The van der Waals surface area contributed by atoms with E-state index in [1.807, 2.05) is 35.8 Å². The predicted octanol–water partition coefficient (Wildman–Crippen LogP) is 2.36. The molecular weight excluding hydrogens is 354 g/mol. The van der Waals surface area contributed by atoms with Gasteiger partial charge in [0.1, 0.15) is 6.04 Å². The van der Waals surface area contributed by atoms with Crippen LogP contribution in [0.4, 0.5) is 0 Å². The third kappa shape index (κ3) is 4.72. The fourth-order valence-electron chi connectivity index (χ4n) is 4.15. The van der Waals surface area contributed by atoms with Crippen molar-refractivity contribution in [2.45, 2.75) is 52.0 Å². The number of nitrogens with one attached hydrogen (secondary N) is 1. The summed E-state index contributed by atoms with van der Waals surface area (Å²) in [5.74, 6) is 0.0378. The summed E-state index contributed by atoms with van der Waals surface area (Å²) in [6, 6.07) is 6.88. The summed E-state index contributed by atoms with van der Waals surface area (Å²) in [5, 5.41) is 3.02. The highest BCUT2D eigenvalue weighted by Crippen LogP contribution is 2.24. The summed E-state index contributed by atoms with van der Waals surface area (Å²) in [6.45, 7) is 6.69. The average molecular weight is 386 g/mol. The largest absolute Gasteiger partial charge is 0.343 e. The van der Waals surface area contributed by atoms with Crippen molar-refractivity contribution in [1.29, 1.82) is 0 Å². The molecule has 0 spiro atoms. The molecule has 1 atom stereocenters. The zero-order valence-corrected chi connectivity index (χ0v) is 16.9. The molecule has 0 unspecified atom stereocenters. The van der Waals surface area contributed by atoms with Crippen molar-refractivity contribution in [3.05, 3.63) is 35.4 Å². The smallest absolute Gasteiger partial charge is 0.251 e. The second kappa shape index (κ2) is 9.22. The van der Waals surface area contributed by atoms with Gasteiger partial charge in [0.2, 0.25) is 11.8 Å². The van der Waals surface area contributed by atoms with Gasteiger partial charge in [-0.05, 0) is 50.7 Å². The Morgan fingerprint density at radius 2 is 1.61 bits per heavy atom. The molecule has 3 amide bonds. The fourth-order valence-corrected chi connectivity index (χ4v) is 4.15. The maximum atomic E-state index is 13.2. The van der Waals surface area contributed by atoms with E-state index in [-0.39, 0.29) is 23.6 Å². The molecular formula is C22H31N3O3. The van der Waals surface area contributed by atoms with E-state index in [1.54, 1.807) is 12.1 Å². The van der Waals surface area contributed by atoms with Crippen LogP contribution in [0.2, 0.25) is 0 Å². The highest BCUT2D eigenvalue weighted by molar-refractivity contribution is 5.97. The summed E-state index contributed by atoms with van der Waals surface area (Å²) in [7, 11) is 0. The molecule has 6 nitrogen and oxygen atoms in total. The van der Waals surface area contributed by atoms with Crippen molar-refractivity contribution in [2.24, 2.45) is 5.92 Å². The number of nitrogens with zero attached hydrogens (tertiary/aromatic N) is 2. The molecule has 2 saturated heterocycles. The number of carbonyl (C=O) groups is 3. The number of amides is 3. The van der Waals surface area contributed by atoms with Crippen molar-refractivity contribution in [3.63, 3.8) is 0 Å². The fraction of sp³-hybridized carbons (Fsp3) is 0.591. The number of piperidine rings is 1. The van der Waals surface area contributed by atoms with Gasteiger partial charge in [-0.2, -0.15) is 0 Å². The van der Waals surface area contributed by atoms with Crippen molar-refractivity contribution in [2.75, 3.05) is 26.2 Å². The van der Waals surface area contributed by atoms with Crippen LogP contribution in [0.3, 0.4) is 0 Å². The SMILES string of the molecule is CCC(=O)N1CCC([C@H](NC(=O)c2ccc(C)cc2)C(=O)N2CCCC2)CC1. The Kier molecular flexibility index (Phi) is 6.70. The van der Waals surface area contributed by atoms with E-state index in [0.717, 1.165) is 44.3 Å². The van der Waals surface area contributed by atoms with E-state index in [2.05, 4.69) is 5.32 Å². The maximum Gasteiger partial charge on any atom is 0.251 e. The summed E-state index contributed by atoms with van der Waals surface area (Å²) in [4.78, 5) is 41.7. The molecule has 2 fully saturated rings. The van der Waals surface area contributed by atoms with E-state index < -0.39 is 6.04 Å². The molecule has 1 aromatic carbocycles. The first-order valence-electron chi connectivity index (χ1n) is 10.4. The second-order valence-corrected chi connectivity index (χ2v) is 7.92. The number of rotatable bonds is 5. The van der Waals surface area contributed by atoms with Crippen LogP contribution < -0.4 is 5.32 Å². The monoisotopic (exact) mass is 385 g/mol. The van der Waals surface area contributed by atoms with Crippen LogP contribution in [-0.4, -0.2) is 59.7 Å². The van der Waals surface area contributed by atoms with E-state index in [1.165, 1.54) is 0 Å². The normalized spacial score (nSPS) is 18.8. The predicted molar refractivity (Wildman–Crippen MR) is 108 cm³/mol. The Labute approximate surface area is 167 Å². The lowest BCUT2D eigenvalue weighted by atomic mass is 9.88. The molecule has 28 heavy (non-hydrogen) atoms. The number of benzene rings is 1. The summed E-state index contributed by atoms with van der Waals surface area (Å²) in [5.41, 5.74) is 1.66. The first-order chi connectivity index (χ1) is 13.5. The molecule has 1 N–H and O–H groups in total.